The van der Waals surface area contributed by atoms with Crippen LogP contribution in [0.2, 0.25) is 0 Å². The van der Waals surface area contributed by atoms with E-state index in [1.165, 1.54) is 0 Å². The van der Waals surface area contributed by atoms with Crippen molar-refractivity contribution in [1.29, 1.82) is 0 Å². The van der Waals surface area contributed by atoms with Crippen LogP contribution in [0.5, 0.6) is 0 Å². The van der Waals surface area contributed by atoms with Crippen LogP contribution in [0, 0.1) is 5.41 Å². The molecule has 0 unspecified atom stereocenters. The molecule has 0 atom stereocenters. The third kappa shape index (κ3) is 5.91. The van der Waals surface area contributed by atoms with Gasteiger partial charge in [-0.05, 0) is 33.4 Å². The molecule has 0 rings (SSSR count). The zero-order valence-electron chi connectivity index (χ0n) is 14.4. The van der Waals surface area contributed by atoms with E-state index in [2.05, 4.69) is 25.7 Å². The fourth-order valence-corrected chi connectivity index (χ4v) is 3.04. The van der Waals surface area contributed by atoms with Crippen molar-refractivity contribution in [3.63, 3.8) is 0 Å². The number of nitrogens with two attached hydrogens (primary N) is 1. The van der Waals surface area contributed by atoms with Gasteiger partial charge in [0.2, 0.25) is 5.91 Å². The van der Waals surface area contributed by atoms with Gasteiger partial charge in [-0.3, -0.25) is 4.79 Å². The lowest BCUT2D eigenvalue weighted by molar-refractivity contribution is -0.139. The molecule has 0 radical (unpaired) electrons. The second kappa shape index (κ2) is 10.1. The van der Waals surface area contributed by atoms with Gasteiger partial charge in [-0.25, -0.2) is 0 Å². The van der Waals surface area contributed by atoms with Crippen LogP contribution >= 0.6 is 12.2 Å². The Hall–Kier alpha value is -0.680. The van der Waals surface area contributed by atoms with Crippen molar-refractivity contribution in [2.75, 3.05) is 33.7 Å². The zero-order chi connectivity index (χ0) is 16.5. The van der Waals surface area contributed by atoms with Crippen molar-refractivity contribution in [2.45, 2.75) is 52.9 Å². The fourth-order valence-electron chi connectivity index (χ4n) is 2.75. The average Bonchev–Trinajstić information content (AvgIpc) is 2.41. The van der Waals surface area contributed by atoms with Gasteiger partial charge in [0.15, 0.2) is 0 Å². The van der Waals surface area contributed by atoms with Gasteiger partial charge in [-0.1, -0.05) is 45.8 Å². The molecule has 0 aliphatic heterocycles. The Kier molecular flexibility index (Phi) is 9.79. The van der Waals surface area contributed by atoms with E-state index in [-0.39, 0.29) is 5.91 Å². The lowest BCUT2D eigenvalue weighted by Crippen LogP contribution is -2.52. The van der Waals surface area contributed by atoms with Crippen molar-refractivity contribution in [3.8, 4) is 0 Å². The van der Waals surface area contributed by atoms with Gasteiger partial charge in [0, 0.05) is 19.6 Å². The summed E-state index contributed by atoms with van der Waals surface area (Å²) in [6, 6.07) is 0. The lowest BCUT2D eigenvalue weighted by Gasteiger charge is -2.37. The van der Waals surface area contributed by atoms with E-state index in [9.17, 15) is 4.79 Å². The molecule has 124 valence electrons. The molecule has 1 amide bonds. The Morgan fingerprint density at radius 3 is 1.86 bits per heavy atom. The molecule has 5 heteroatoms. The van der Waals surface area contributed by atoms with Crippen LogP contribution in [-0.4, -0.2) is 54.4 Å². The van der Waals surface area contributed by atoms with Gasteiger partial charge in [0.25, 0.3) is 0 Å². The standard InChI is InChI=1S/C16H33N3OS/c1-6-9-16(10-7-2,14(17)21)15(20)19(11-8-3)13-12-18(4)5/h6-13H2,1-5H3,(H2,17,21). The molecule has 0 aromatic carbocycles. The average molecular weight is 316 g/mol. The monoisotopic (exact) mass is 315 g/mol. The first-order chi connectivity index (χ1) is 9.85. The van der Waals surface area contributed by atoms with Crippen LogP contribution in [0.3, 0.4) is 0 Å². The predicted octanol–water partition coefficient (Wildman–Crippen LogP) is 2.66. The molecule has 0 aromatic heterocycles. The number of rotatable bonds is 11. The Morgan fingerprint density at radius 2 is 1.52 bits per heavy atom. The topological polar surface area (TPSA) is 49.6 Å². The summed E-state index contributed by atoms with van der Waals surface area (Å²) in [6.07, 6.45) is 4.27. The molecule has 21 heavy (non-hydrogen) atoms. The summed E-state index contributed by atoms with van der Waals surface area (Å²) in [7, 11) is 4.04. The zero-order valence-corrected chi connectivity index (χ0v) is 15.3. The minimum Gasteiger partial charge on any atom is -0.392 e. The normalized spacial score (nSPS) is 11.7. The fraction of sp³-hybridized carbons (Fsp3) is 0.875. The number of carbonyl (C=O) groups is 1. The van der Waals surface area contributed by atoms with Gasteiger partial charge in [-0.2, -0.15) is 0 Å². The second-order valence-corrected chi connectivity index (χ2v) is 6.48. The summed E-state index contributed by atoms with van der Waals surface area (Å²) in [4.78, 5) is 17.5. The summed E-state index contributed by atoms with van der Waals surface area (Å²) < 4.78 is 0. The third-order valence-electron chi connectivity index (χ3n) is 3.83. The second-order valence-electron chi connectivity index (χ2n) is 6.04. The molecule has 0 aliphatic rings. The minimum absolute atomic E-state index is 0.127. The number of thiocarbonyl (C=S) groups is 1. The van der Waals surface area contributed by atoms with Crippen LogP contribution in [0.1, 0.15) is 52.9 Å². The molecule has 0 fully saturated rings. The maximum absolute atomic E-state index is 13.1. The summed E-state index contributed by atoms with van der Waals surface area (Å²) >= 11 is 5.30. The van der Waals surface area contributed by atoms with Gasteiger partial charge in [-0.15, -0.1) is 0 Å². The van der Waals surface area contributed by atoms with Gasteiger partial charge < -0.3 is 15.5 Å². The first-order valence-corrected chi connectivity index (χ1v) is 8.50. The summed E-state index contributed by atoms with van der Waals surface area (Å²) in [5.41, 5.74) is 5.36. The third-order valence-corrected chi connectivity index (χ3v) is 4.22. The highest BCUT2D eigenvalue weighted by molar-refractivity contribution is 7.80. The van der Waals surface area contributed by atoms with Crippen LogP contribution in [0.15, 0.2) is 0 Å². The first-order valence-electron chi connectivity index (χ1n) is 8.09. The minimum atomic E-state index is -0.652. The smallest absolute Gasteiger partial charge is 0.235 e. The number of hydrogen-bond acceptors (Lipinski definition) is 3. The van der Waals surface area contributed by atoms with Crippen molar-refractivity contribution < 1.29 is 4.79 Å². The molecule has 0 aromatic rings. The summed E-state index contributed by atoms with van der Waals surface area (Å²) in [6.45, 7) is 8.62. The molecular weight excluding hydrogens is 282 g/mol. The Morgan fingerprint density at radius 1 is 1.00 bits per heavy atom. The summed E-state index contributed by atoms with van der Waals surface area (Å²) in [5.74, 6) is 0.127. The van der Waals surface area contributed by atoms with E-state index < -0.39 is 5.41 Å². The van der Waals surface area contributed by atoms with E-state index in [0.717, 1.165) is 51.7 Å². The molecule has 2 N–H and O–H groups in total. The molecule has 0 bridgehead atoms. The molecule has 0 heterocycles. The molecule has 0 aliphatic carbocycles. The van der Waals surface area contributed by atoms with E-state index in [1.54, 1.807) is 0 Å². The molecule has 0 spiro atoms. The van der Waals surface area contributed by atoms with Crippen molar-refractivity contribution in [1.82, 2.24) is 9.80 Å². The van der Waals surface area contributed by atoms with Crippen LogP contribution < -0.4 is 5.73 Å². The Balaban J connectivity index is 5.30. The lowest BCUT2D eigenvalue weighted by atomic mass is 9.77. The largest absolute Gasteiger partial charge is 0.392 e. The SMILES string of the molecule is CCCN(CCN(C)C)C(=O)C(CCC)(CCC)C(N)=S. The van der Waals surface area contributed by atoms with Crippen LogP contribution in [0.25, 0.3) is 0 Å². The van der Waals surface area contributed by atoms with E-state index >= 15 is 0 Å². The van der Waals surface area contributed by atoms with Gasteiger partial charge in [0.1, 0.15) is 0 Å². The first kappa shape index (κ1) is 20.3. The Labute approximate surface area is 136 Å². The number of amides is 1. The Bertz CT molecular complexity index is 325. The molecule has 0 saturated heterocycles. The highest BCUT2D eigenvalue weighted by Gasteiger charge is 2.42. The van der Waals surface area contributed by atoms with Crippen molar-refractivity contribution >= 4 is 23.1 Å². The molecule has 4 nitrogen and oxygen atoms in total. The highest BCUT2D eigenvalue weighted by Crippen LogP contribution is 2.33. The molecule has 0 saturated carbocycles. The van der Waals surface area contributed by atoms with Gasteiger partial charge in [0.05, 0.1) is 10.4 Å². The van der Waals surface area contributed by atoms with E-state index in [4.69, 9.17) is 18.0 Å². The highest BCUT2D eigenvalue weighted by atomic mass is 32.1. The van der Waals surface area contributed by atoms with Crippen molar-refractivity contribution in [3.05, 3.63) is 0 Å². The summed E-state index contributed by atoms with van der Waals surface area (Å²) in [5, 5.41) is 0. The number of likely N-dealkylation sites (N-methyl/N-ethyl adjacent to an activating group) is 1. The maximum atomic E-state index is 13.1. The number of carbonyl (C=O) groups excluding carboxylic acids is 1. The van der Waals surface area contributed by atoms with Gasteiger partial charge >= 0.3 is 0 Å². The number of hydrogen-bond donors (Lipinski definition) is 1. The number of nitrogens with zero attached hydrogens (tertiary/aromatic N) is 2. The predicted molar refractivity (Wildman–Crippen MR) is 94.5 cm³/mol. The van der Waals surface area contributed by atoms with Crippen LogP contribution in [-0.2, 0) is 4.79 Å². The quantitative estimate of drug-likeness (QED) is 0.596. The maximum Gasteiger partial charge on any atom is 0.235 e. The van der Waals surface area contributed by atoms with Crippen LogP contribution in [0.4, 0.5) is 0 Å². The molecular formula is C16H33N3OS. The van der Waals surface area contributed by atoms with Crippen molar-refractivity contribution in [2.24, 2.45) is 11.1 Å². The van der Waals surface area contributed by atoms with E-state index in [1.807, 2.05) is 19.0 Å². The van der Waals surface area contributed by atoms with E-state index in [0.29, 0.717) is 4.99 Å².